The Morgan fingerprint density at radius 2 is 2.09 bits per heavy atom. The van der Waals surface area contributed by atoms with E-state index in [1.807, 2.05) is 23.0 Å². The lowest BCUT2D eigenvalue weighted by Gasteiger charge is -2.09. The Bertz CT molecular complexity index is 650. The van der Waals surface area contributed by atoms with Gasteiger partial charge in [-0.25, -0.2) is 9.97 Å². The van der Waals surface area contributed by atoms with E-state index < -0.39 is 22.8 Å². The third-order valence-electron chi connectivity index (χ3n) is 2.28. The van der Waals surface area contributed by atoms with Gasteiger partial charge in [-0.1, -0.05) is 29.8 Å². The van der Waals surface area contributed by atoms with Crippen LogP contribution in [-0.2, 0) is 6.18 Å². The number of nitrogens with zero attached hydrogens (tertiary/aromatic N) is 3. The molecule has 1 aliphatic rings. The number of nitrogens with one attached hydrogen (secondary N) is 1. The van der Waals surface area contributed by atoms with Gasteiger partial charge in [0.1, 0.15) is 0 Å². The molecule has 1 aliphatic heterocycles. The zero-order valence-electron chi connectivity index (χ0n) is 11.1. The highest BCUT2D eigenvalue weighted by molar-refractivity contribution is 8.33. The maximum absolute atomic E-state index is 12.8. The van der Waals surface area contributed by atoms with E-state index in [1.54, 1.807) is 5.55 Å². The molecular weight excluding hydrogens is 333 g/mol. The molecule has 0 bridgehead atoms. The van der Waals surface area contributed by atoms with Crippen molar-refractivity contribution in [1.29, 1.82) is 0 Å². The summed E-state index contributed by atoms with van der Waals surface area (Å²) < 4.78 is 38.5. The second-order valence-corrected chi connectivity index (χ2v) is 6.56. The summed E-state index contributed by atoms with van der Waals surface area (Å²) in [5, 5.41) is 7.78. The SMILES string of the molecule is C#CCSc1nc(N/N=C/[SH]2C=CC=C2)cc(C(F)(F)F)n1. The van der Waals surface area contributed by atoms with Crippen LogP contribution in [0.2, 0.25) is 0 Å². The highest BCUT2D eigenvalue weighted by atomic mass is 32.2. The largest absolute Gasteiger partial charge is 0.433 e. The van der Waals surface area contributed by atoms with E-state index in [1.165, 1.54) is 0 Å². The number of hydrogen-bond acceptors (Lipinski definition) is 5. The molecule has 116 valence electrons. The van der Waals surface area contributed by atoms with Crippen molar-refractivity contribution in [3.05, 3.63) is 34.7 Å². The normalized spacial score (nSPS) is 15.5. The summed E-state index contributed by atoms with van der Waals surface area (Å²) in [7, 11) is -0.601. The van der Waals surface area contributed by atoms with Crippen LogP contribution in [0.15, 0.2) is 39.3 Å². The van der Waals surface area contributed by atoms with Crippen molar-refractivity contribution in [3.8, 4) is 12.3 Å². The molecule has 0 aliphatic carbocycles. The Hall–Kier alpha value is -1.92. The number of rotatable bonds is 5. The second kappa shape index (κ2) is 7.38. The van der Waals surface area contributed by atoms with Gasteiger partial charge in [-0.2, -0.15) is 29.2 Å². The van der Waals surface area contributed by atoms with Crippen LogP contribution in [0.4, 0.5) is 19.0 Å². The first-order chi connectivity index (χ1) is 10.5. The van der Waals surface area contributed by atoms with Crippen molar-refractivity contribution in [1.82, 2.24) is 9.97 Å². The number of hydrazone groups is 1. The molecule has 9 heteroatoms. The quantitative estimate of drug-likeness (QED) is 0.163. The first kappa shape index (κ1) is 16.5. The molecule has 2 heterocycles. The van der Waals surface area contributed by atoms with Gasteiger partial charge in [0.15, 0.2) is 16.7 Å². The molecule has 2 rings (SSSR count). The summed E-state index contributed by atoms with van der Waals surface area (Å²) in [6, 6.07) is 0.810. The van der Waals surface area contributed by atoms with Crippen LogP contribution in [0, 0.1) is 12.3 Å². The number of halogens is 3. The summed E-state index contributed by atoms with van der Waals surface area (Å²) in [5.74, 6) is 2.47. The maximum atomic E-state index is 12.8. The summed E-state index contributed by atoms with van der Waals surface area (Å²) in [5.41, 5.74) is 3.09. The minimum Gasteiger partial charge on any atom is -0.261 e. The minimum absolute atomic E-state index is 0.0275. The summed E-state index contributed by atoms with van der Waals surface area (Å²) in [6.45, 7) is 0. The molecule has 0 atom stereocenters. The maximum Gasteiger partial charge on any atom is 0.433 e. The molecular formula is C13H11F3N4S2. The predicted octanol–water partition coefficient (Wildman–Crippen LogP) is 3.62. The van der Waals surface area contributed by atoms with E-state index in [9.17, 15) is 13.2 Å². The lowest BCUT2D eigenvalue weighted by Crippen LogP contribution is -2.10. The molecule has 0 fully saturated rings. The number of thiol groups is 1. The van der Waals surface area contributed by atoms with Crippen molar-refractivity contribution in [2.75, 3.05) is 11.2 Å². The first-order valence-corrected chi connectivity index (χ1v) is 8.46. The van der Waals surface area contributed by atoms with Crippen molar-refractivity contribution in [3.63, 3.8) is 0 Å². The van der Waals surface area contributed by atoms with Gasteiger partial charge in [0.2, 0.25) is 0 Å². The third kappa shape index (κ3) is 4.82. The molecule has 22 heavy (non-hydrogen) atoms. The fourth-order valence-electron chi connectivity index (χ4n) is 1.38. The van der Waals surface area contributed by atoms with E-state index in [2.05, 4.69) is 26.4 Å². The number of terminal acetylenes is 1. The Morgan fingerprint density at radius 3 is 2.73 bits per heavy atom. The fraction of sp³-hybridized carbons (Fsp3) is 0.154. The summed E-state index contributed by atoms with van der Waals surface area (Å²) in [4.78, 5) is 7.40. The Morgan fingerprint density at radius 1 is 1.36 bits per heavy atom. The van der Waals surface area contributed by atoms with Crippen LogP contribution >= 0.6 is 22.7 Å². The van der Waals surface area contributed by atoms with Crippen LogP contribution in [0.5, 0.6) is 0 Å². The van der Waals surface area contributed by atoms with Crippen LogP contribution in [0.1, 0.15) is 5.69 Å². The van der Waals surface area contributed by atoms with Crippen molar-refractivity contribution in [2.24, 2.45) is 5.10 Å². The Balaban J connectivity index is 2.16. The van der Waals surface area contributed by atoms with Gasteiger partial charge < -0.3 is 0 Å². The topological polar surface area (TPSA) is 50.2 Å². The fourth-order valence-corrected chi connectivity index (χ4v) is 2.96. The van der Waals surface area contributed by atoms with Crippen LogP contribution < -0.4 is 5.43 Å². The average Bonchev–Trinajstić information content (AvgIpc) is 2.97. The van der Waals surface area contributed by atoms with E-state index >= 15 is 0 Å². The summed E-state index contributed by atoms with van der Waals surface area (Å²) >= 11 is 0.955. The molecule has 0 amide bonds. The molecule has 0 spiro atoms. The number of alkyl halides is 3. The molecule has 0 aromatic carbocycles. The third-order valence-corrected chi connectivity index (χ3v) is 4.45. The van der Waals surface area contributed by atoms with Gasteiger partial charge in [-0.15, -0.1) is 6.42 Å². The van der Waals surface area contributed by atoms with Crippen molar-refractivity contribution in [2.45, 2.75) is 11.3 Å². The Labute approximate surface area is 132 Å². The highest BCUT2D eigenvalue weighted by Gasteiger charge is 2.33. The number of thioether (sulfide) groups is 1. The zero-order chi connectivity index (χ0) is 16.0. The molecule has 1 N–H and O–H groups in total. The van der Waals surface area contributed by atoms with Gasteiger partial charge in [0.05, 0.1) is 11.3 Å². The van der Waals surface area contributed by atoms with Crippen molar-refractivity contribution < 1.29 is 13.2 Å². The number of aromatic nitrogens is 2. The zero-order valence-corrected chi connectivity index (χ0v) is 12.8. The molecule has 4 nitrogen and oxygen atoms in total. The molecule has 0 saturated heterocycles. The van der Waals surface area contributed by atoms with E-state index in [0.29, 0.717) is 0 Å². The standard InChI is InChI=1S/C13H11F3N4S2/c1-2-5-21-12-18-10(13(14,15)16)8-11(19-12)20-17-9-22-6-3-4-7-22/h1,3-4,6-9,22H,5H2,(H,18,19,20)/b17-9+. The van der Waals surface area contributed by atoms with Gasteiger partial charge in [0, 0.05) is 6.07 Å². The van der Waals surface area contributed by atoms with E-state index in [4.69, 9.17) is 6.42 Å². The lowest BCUT2D eigenvalue weighted by molar-refractivity contribution is -0.141. The minimum atomic E-state index is -4.56. The molecule has 0 saturated carbocycles. The van der Waals surface area contributed by atoms with Crippen LogP contribution in [0.25, 0.3) is 0 Å². The highest BCUT2D eigenvalue weighted by Crippen LogP contribution is 2.31. The van der Waals surface area contributed by atoms with Crippen LogP contribution in [-0.4, -0.2) is 21.3 Å². The van der Waals surface area contributed by atoms with Gasteiger partial charge in [-0.05, 0) is 10.8 Å². The first-order valence-electron chi connectivity index (χ1n) is 5.93. The molecule has 0 unspecified atom stereocenters. The van der Waals surface area contributed by atoms with Crippen molar-refractivity contribution >= 4 is 34.0 Å². The number of anilines is 1. The molecule has 1 aromatic heterocycles. The average molecular weight is 344 g/mol. The van der Waals surface area contributed by atoms with Gasteiger partial charge >= 0.3 is 6.18 Å². The molecule has 1 aromatic rings. The summed E-state index contributed by atoms with van der Waals surface area (Å²) in [6.07, 6.45) is 4.31. The monoisotopic (exact) mass is 344 g/mol. The second-order valence-electron chi connectivity index (χ2n) is 3.90. The predicted molar refractivity (Wildman–Crippen MR) is 86.0 cm³/mol. The Kier molecular flexibility index (Phi) is 5.51. The molecule has 0 radical (unpaired) electrons. The van der Waals surface area contributed by atoms with Crippen LogP contribution in [0.3, 0.4) is 0 Å². The van der Waals surface area contributed by atoms with E-state index in [0.717, 1.165) is 17.8 Å². The van der Waals surface area contributed by atoms with Gasteiger partial charge in [0.25, 0.3) is 0 Å². The number of hydrogen-bond donors (Lipinski definition) is 2. The number of allylic oxidation sites excluding steroid dienone is 2. The van der Waals surface area contributed by atoms with Gasteiger partial charge in [-0.3, -0.25) is 5.43 Å². The lowest BCUT2D eigenvalue weighted by atomic mass is 10.4. The van der Waals surface area contributed by atoms with E-state index in [-0.39, 0.29) is 16.7 Å². The smallest absolute Gasteiger partial charge is 0.261 e.